The Morgan fingerprint density at radius 3 is 2.83 bits per heavy atom. The molecule has 0 aliphatic carbocycles. The Bertz CT molecular complexity index is 405. The standard InChI is InChI=1S/C14H18FNO2/c1-2-18-14(17)13-4-3-9-16(13)10-11-5-7-12(15)8-6-11/h5-8,13H,2-4,9-10H2,1H3. The zero-order valence-corrected chi connectivity index (χ0v) is 10.6. The van der Waals surface area contributed by atoms with E-state index in [0.29, 0.717) is 13.2 Å². The van der Waals surface area contributed by atoms with Crippen molar-refractivity contribution in [3.63, 3.8) is 0 Å². The van der Waals surface area contributed by atoms with Gasteiger partial charge in [-0.15, -0.1) is 0 Å². The number of hydrogen-bond donors (Lipinski definition) is 0. The van der Waals surface area contributed by atoms with E-state index in [-0.39, 0.29) is 17.8 Å². The van der Waals surface area contributed by atoms with Crippen molar-refractivity contribution >= 4 is 5.97 Å². The molecule has 4 heteroatoms. The second-order valence-electron chi connectivity index (χ2n) is 4.51. The van der Waals surface area contributed by atoms with Crippen LogP contribution in [-0.4, -0.2) is 30.1 Å². The van der Waals surface area contributed by atoms with Crippen LogP contribution in [0.2, 0.25) is 0 Å². The summed E-state index contributed by atoms with van der Waals surface area (Å²) in [6.45, 7) is 3.79. The van der Waals surface area contributed by atoms with Crippen LogP contribution in [0, 0.1) is 5.82 Å². The summed E-state index contributed by atoms with van der Waals surface area (Å²) in [7, 11) is 0. The van der Waals surface area contributed by atoms with Gasteiger partial charge in [0.25, 0.3) is 0 Å². The summed E-state index contributed by atoms with van der Waals surface area (Å²) in [6.07, 6.45) is 1.85. The SMILES string of the molecule is CCOC(=O)C1CCCN1Cc1ccc(F)cc1. The van der Waals surface area contributed by atoms with Crippen LogP contribution in [-0.2, 0) is 16.1 Å². The van der Waals surface area contributed by atoms with Crippen molar-refractivity contribution in [1.29, 1.82) is 0 Å². The maximum absolute atomic E-state index is 12.8. The molecular formula is C14H18FNO2. The summed E-state index contributed by atoms with van der Waals surface area (Å²) in [6, 6.07) is 6.27. The highest BCUT2D eigenvalue weighted by atomic mass is 19.1. The fourth-order valence-electron chi connectivity index (χ4n) is 2.35. The Hall–Kier alpha value is -1.42. The van der Waals surface area contributed by atoms with Crippen LogP contribution in [0.4, 0.5) is 4.39 Å². The van der Waals surface area contributed by atoms with Gasteiger partial charge in [-0.25, -0.2) is 4.39 Å². The Labute approximate surface area is 107 Å². The largest absolute Gasteiger partial charge is 0.465 e. The quantitative estimate of drug-likeness (QED) is 0.769. The molecule has 0 aromatic heterocycles. The van der Waals surface area contributed by atoms with Crippen molar-refractivity contribution in [3.8, 4) is 0 Å². The van der Waals surface area contributed by atoms with Gasteiger partial charge in [-0.05, 0) is 44.0 Å². The summed E-state index contributed by atoms with van der Waals surface area (Å²) in [4.78, 5) is 13.9. The molecule has 1 heterocycles. The Balaban J connectivity index is 1.99. The fourth-order valence-corrected chi connectivity index (χ4v) is 2.35. The van der Waals surface area contributed by atoms with E-state index >= 15 is 0 Å². The first-order chi connectivity index (χ1) is 8.70. The van der Waals surface area contributed by atoms with E-state index in [9.17, 15) is 9.18 Å². The molecule has 0 bridgehead atoms. The molecule has 0 amide bonds. The lowest BCUT2D eigenvalue weighted by Gasteiger charge is -2.22. The second-order valence-corrected chi connectivity index (χ2v) is 4.51. The zero-order valence-electron chi connectivity index (χ0n) is 10.6. The average molecular weight is 251 g/mol. The number of ether oxygens (including phenoxy) is 1. The van der Waals surface area contributed by atoms with Gasteiger partial charge in [0, 0.05) is 6.54 Å². The van der Waals surface area contributed by atoms with Crippen LogP contribution >= 0.6 is 0 Å². The van der Waals surface area contributed by atoms with Crippen molar-refractivity contribution in [2.45, 2.75) is 32.4 Å². The van der Waals surface area contributed by atoms with Crippen molar-refractivity contribution in [2.24, 2.45) is 0 Å². The Morgan fingerprint density at radius 1 is 1.44 bits per heavy atom. The summed E-state index contributed by atoms with van der Waals surface area (Å²) in [5.74, 6) is -0.376. The summed E-state index contributed by atoms with van der Waals surface area (Å²) in [5, 5.41) is 0. The molecule has 18 heavy (non-hydrogen) atoms. The monoisotopic (exact) mass is 251 g/mol. The van der Waals surface area contributed by atoms with Crippen LogP contribution < -0.4 is 0 Å². The molecule has 0 spiro atoms. The van der Waals surface area contributed by atoms with Gasteiger partial charge in [-0.2, -0.15) is 0 Å². The number of likely N-dealkylation sites (tertiary alicyclic amines) is 1. The maximum Gasteiger partial charge on any atom is 0.323 e. The molecule has 0 saturated carbocycles. The van der Waals surface area contributed by atoms with Gasteiger partial charge in [0.1, 0.15) is 11.9 Å². The molecule has 0 N–H and O–H groups in total. The number of halogens is 1. The predicted molar refractivity (Wildman–Crippen MR) is 66.5 cm³/mol. The van der Waals surface area contributed by atoms with E-state index in [1.807, 2.05) is 6.92 Å². The van der Waals surface area contributed by atoms with Crippen LogP contribution in [0.25, 0.3) is 0 Å². The Morgan fingerprint density at radius 2 is 2.17 bits per heavy atom. The van der Waals surface area contributed by atoms with E-state index in [4.69, 9.17) is 4.74 Å². The molecule has 98 valence electrons. The molecule has 0 radical (unpaired) electrons. The molecule has 1 saturated heterocycles. The molecule has 1 aliphatic rings. The average Bonchev–Trinajstić information content (AvgIpc) is 2.81. The topological polar surface area (TPSA) is 29.5 Å². The molecule has 3 nitrogen and oxygen atoms in total. The summed E-state index contributed by atoms with van der Waals surface area (Å²) in [5.41, 5.74) is 1.02. The van der Waals surface area contributed by atoms with Crippen molar-refractivity contribution in [3.05, 3.63) is 35.6 Å². The number of nitrogens with zero attached hydrogens (tertiary/aromatic N) is 1. The van der Waals surface area contributed by atoms with Crippen molar-refractivity contribution in [2.75, 3.05) is 13.2 Å². The van der Waals surface area contributed by atoms with E-state index in [1.165, 1.54) is 12.1 Å². The number of rotatable bonds is 4. The lowest BCUT2D eigenvalue weighted by molar-refractivity contribution is -0.148. The lowest BCUT2D eigenvalue weighted by atomic mass is 10.2. The van der Waals surface area contributed by atoms with Gasteiger partial charge < -0.3 is 4.74 Å². The normalized spacial score (nSPS) is 20.0. The van der Waals surface area contributed by atoms with Gasteiger partial charge in [0.05, 0.1) is 6.61 Å². The first kappa shape index (κ1) is 13.0. The molecule has 1 unspecified atom stereocenters. The first-order valence-corrected chi connectivity index (χ1v) is 6.36. The highest BCUT2D eigenvalue weighted by Gasteiger charge is 2.31. The number of hydrogen-bond acceptors (Lipinski definition) is 3. The number of benzene rings is 1. The number of carbonyl (C=O) groups excluding carboxylic acids is 1. The van der Waals surface area contributed by atoms with Gasteiger partial charge in [0.2, 0.25) is 0 Å². The minimum absolute atomic E-state index is 0.142. The van der Waals surface area contributed by atoms with Crippen LogP contribution in [0.15, 0.2) is 24.3 Å². The smallest absolute Gasteiger partial charge is 0.323 e. The predicted octanol–water partition coefficient (Wildman–Crippen LogP) is 2.35. The summed E-state index contributed by atoms with van der Waals surface area (Å²) >= 11 is 0. The second kappa shape index (κ2) is 5.96. The van der Waals surface area contributed by atoms with Crippen molar-refractivity contribution in [1.82, 2.24) is 4.90 Å². The number of esters is 1. The fraction of sp³-hybridized carbons (Fsp3) is 0.500. The lowest BCUT2D eigenvalue weighted by Crippen LogP contribution is -2.36. The molecule has 1 atom stereocenters. The van der Waals surface area contributed by atoms with Gasteiger partial charge in [0.15, 0.2) is 0 Å². The molecule has 2 rings (SSSR count). The maximum atomic E-state index is 12.8. The molecular weight excluding hydrogens is 233 g/mol. The van der Waals surface area contributed by atoms with Gasteiger partial charge in [-0.3, -0.25) is 9.69 Å². The van der Waals surface area contributed by atoms with Crippen LogP contribution in [0.5, 0.6) is 0 Å². The highest BCUT2D eigenvalue weighted by Crippen LogP contribution is 2.21. The third kappa shape index (κ3) is 3.07. The third-order valence-corrected chi connectivity index (χ3v) is 3.22. The molecule has 1 aromatic carbocycles. The van der Waals surface area contributed by atoms with Crippen LogP contribution in [0.3, 0.4) is 0 Å². The van der Waals surface area contributed by atoms with Crippen LogP contribution in [0.1, 0.15) is 25.3 Å². The zero-order chi connectivity index (χ0) is 13.0. The van der Waals surface area contributed by atoms with E-state index < -0.39 is 0 Å². The number of carbonyl (C=O) groups is 1. The van der Waals surface area contributed by atoms with Gasteiger partial charge >= 0.3 is 5.97 Å². The van der Waals surface area contributed by atoms with E-state index in [2.05, 4.69) is 4.90 Å². The molecule has 1 aliphatic heterocycles. The van der Waals surface area contributed by atoms with E-state index in [0.717, 1.165) is 24.9 Å². The van der Waals surface area contributed by atoms with E-state index in [1.54, 1.807) is 12.1 Å². The molecule has 1 aromatic rings. The molecule has 1 fully saturated rings. The van der Waals surface area contributed by atoms with Crippen molar-refractivity contribution < 1.29 is 13.9 Å². The minimum atomic E-state index is -0.234. The highest BCUT2D eigenvalue weighted by molar-refractivity contribution is 5.76. The Kier molecular flexibility index (Phi) is 4.31. The van der Waals surface area contributed by atoms with Gasteiger partial charge in [-0.1, -0.05) is 12.1 Å². The third-order valence-electron chi connectivity index (χ3n) is 3.22. The summed E-state index contributed by atoms with van der Waals surface area (Å²) < 4.78 is 17.9. The minimum Gasteiger partial charge on any atom is -0.465 e. The first-order valence-electron chi connectivity index (χ1n) is 6.36.